The van der Waals surface area contributed by atoms with Gasteiger partial charge in [-0.1, -0.05) is 29.8 Å². The van der Waals surface area contributed by atoms with Gasteiger partial charge in [0.1, 0.15) is 6.54 Å². The number of rotatable bonds is 6. The van der Waals surface area contributed by atoms with Crippen molar-refractivity contribution in [1.29, 1.82) is 0 Å². The van der Waals surface area contributed by atoms with Gasteiger partial charge in [0.05, 0.1) is 22.8 Å². The summed E-state index contributed by atoms with van der Waals surface area (Å²) >= 11 is 0. The van der Waals surface area contributed by atoms with Gasteiger partial charge < -0.3 is 10.0 Å². The van der Waals surface area contributed by atoms with Crippen LogP contribution >= 0.6 is 0 Å². The number of amides is 1. The zero-order valence-electron chi connectivity index (χ0n) is 16.8. The molecule has 1 aromatic carbocycles. The Labute approximate surface area is 169 Å². The highest BCUT2D eigenvalue weighted by Crippen LogP contribution is 2.32. The summed E-state index contributed by atoms with van der Waals surface area (Å²) in [5, 5.41) is 14.4. The second-order valence-corrected chi connectivity index (χ2v) is 7.90. The summed E-state index contributed by atoms with van der Waals surface area (Å²) in [7, 11) is 0. The number of aliphatic carboxylic acids is 1. The van der Waals surface area contributed by atoms with Crippen LogP contribution < -0.4 is 0 Å². The van der Waals surface area contributed by atoms with Crippen LogP contribution in [0.3, 0.4) is 0 Å². The number of pyridine rings is 1. The van der Waals surface area contributed by atoms with Crippen molar-refractivity contribution >= 4 is 22.9 Å². The molecule has 0 radical (unpaired) electrons. The molecule has 7 nitrogen and oxygen atoms in total. The Morgan fingerprint density at radius 1 is 1.24 bits per heavy atom. The molecule has 1 fully saturated rings. The second-order valence-electron chi connectivity index (χ2n) is 7.90. The van der Waals surface area contributed by atoms with Gasteiger partial charge in [0.15, 0.2) is 5.65 Å². The highest BCUT2D eigenvalue weighted by atomic mass is 16.4. The molecule has 1 amide bonds. The molecule has 3 aromatic rings. The zero-order valence-corrected chi connectivity index (χ0v) is 16.8. The van der Waals surface area contributed by atoms with Gasteiger partial charge in [-0.3, -0.25) is 9.59 Å². The van der Waals surface area contributed by atoms with Crippen LogP contribution in [-0.2, 0) is 4.79 Å². The highest BCUT2D eigenvalue weighted by molar-refractivity contribution is 6.07. The molecule has 4 rings (SSSR count). The monoisotopic (exact) mass is 392 g/mol. The van der Waals surface area contributed by atoms with Crippen LogP contribution in [0.5, 0.6) is 0 Å². The number of fused-ring (bicyclic) bond motifs is 1. The lowest BCUT2D eigenvalue weighted by Crippen LogP contribution is -2.37. The molecule has 2 aromatic heterocycles. The van der Waals surface area contributed by atoms with Crippen molar-refractivity contribution in [1.82, 2.24) is 19.7 Å². The lowest BCUT2D eigenvalue weighted by atomic mass is 10.0. The maximum atomic E-state index is 13.4. The Balaban J connectivity index is 1.88. The third kappa shape index (κ3) is 3.72. The average Bonchev–Trinajstić information content (AvgIpc) is 3.43. The van der Waals surface area contributed by atoms with Gasteiger partial charge in [-0.05, 0) is 39.7 Å². The number of carboxylic acids is 1. The van der Waals surface area contributed by atoms with Crippen LogP contribution in [0.1, 0.15) is 48.7 Å². The van der Waals surface area contributed by atoms with Gasteiger partial charge in [-0.2, -0.15) is 5.10 Å². The van der Waals surface area contributed by atoms with E-state index in [-0.39, 0.29) is 24.5 Å². The maximum absolute atomic E-state index is 13.4. The standard InChI is InChI=1S/C22H24N4O3/c1-13(2)26-21-18(11-23-26)17(22(29)25(12-20(27)28)16-8-9-16)10-19(24-21)15-6-4-14(3)5-7-15/h4-7,10-11,13,16H,8-9,12H2,1-3H3,(H,27,28). The van der Waals surface area contributed by atoms with Crippen LogP contribution in [0.2, 0.25) is 0 Å². The summed E-state index contributed by atoms with van der Waals surface area (Å²) in [6.45, 7) is 5.73. The Morgan fingerprint density at radius 2 is 1.93 bits per heavy atom. The predicted molar refractivity (Wildman–Crippen MR) is 110 cm³/mol. The van der Waals surface area contributed by atoms with E-state index in [4.69, 9.17) is 4.98 Å². The van der Waals surface area contributed by atoms with Crippen molar-refractivity contribution < 1.29 is 14.7 Å². The van der Waals surface area contributed by atoms with Gasteiger partial charge >= 0.3 is 5.97 Å². The van der Waals surface area contributed by atoms with Crippen LogP contribution in [0.15, 0.2) is 36.5 Å². The molecule has 1 N–H and O–H groups in total. The lowest BCUT2D eigenvalue weighted by molar-refractivity contribution is -0.137. The largest absolute Gasteiger partial charge is 0.480 e. The first-order valence-electron chi connectivity index (χ1n) is 9.83. The second kappa shape index (κ2) is 7.31. The van der Waals surface area contributed by atoms with Crippen LogP contribution in [0, 0.1) is 6.92 Å². The number of carbonyl (C=O) groups excluding carboxylic acids is 1. The smallest absolute Gasteiger partial charge is 0.323 e. The first-order valence-corrected chi connectivity index (χ1v) is 9.83. The molecular weight excluding hydrogens is 368 g/mol. The third-order valence-electron chi connectivity index (χ3n) is 5.19. The van der Waals surface area contributed by atoms with Crippen molar-refractivity contribution in [3.05, 3.63) is 47.7 Å². The molecule has 150 valence electrons. The van der Waals surface area contributed by atoms with Gasteiger partial charge in [-0.15, -0.1) is 0 Å². The third-order valence-corrected chi connectivity index (χ3v) is 5.19. The minimum absolute atomic E-state index is 0.00946. The Kier molecular flexibility index (Phi) is 4.82. The van der Waals surface area contributed by atoms with E-state index >= 15 is 0 Å². The van der Waals surface area contributed by atoms with Gasteiger partial charge in [0.25, 0.3) is 5.91 Å². The van der Waals surface area contributed by atoms with E-state index in [2.05, 4.69) is 5.10 Å². The normalized spacial score (nSPS) is 13.8. The Bertz CT molecular complexity index is 1080. The molecule has 0 aliphatic heterocycles. The fourth-order valence-electron chi connectivity index (χ4n) is 3.50. The average molecular weight is 392 g/mol. The fourth-order valence-corrected chi connectivity index (χ4v) is 3.50. The number of aromatic nitrogens is 3. The minimum Gasteiger partial charge on any atom is -0.480 e. The predicted octanol–water partition coefficient (Wildman–Crippen LogP) is 3.68. The van der Waals surface area contributed by atoms with E-state index in [9.17, 15) is 14.7 Å². The van der Waals surface area contributed by atoms with Crippen molar-refractivity contribution in [3.63, 3.8) is 0 Å². The van der Waals surface area contributed by atoms with E-state index in [1.807, 2.05) is 45.0 Å². The van der Waals surface area contributed by atoms with Gasteiger partial charge in [0.2, 0.25) is 0 Å². The van der Waals surface area contributed by atoms with Crippen molar-refractivity contribution in [2.45, 2.75) is 45.7 Å². The molecule has 1 saturated carbocycles. The summed E-state index contributed by atoms with van der Waals surface area (Å²) < 4.78 is 1.79. The minimum atomic E-state index is -1.01. The SMILES string of the molecule is Cc1ccc(-c2cc(C(=O)N(CC(=O)O)C3CC3)c3cnn(C(C)C)c3n2)cc1. The number of hydrogen-bond acceptors (Lipinski definition) is 4. The molecule has 0 bridgehead atoms. The van der Waals surface area contributed by atoms with Crippen molar-refractivity contribution in [2.75, 3.05) is 6.54 Å². The van der Waals surface area contributed by atoms with E-state index < -0.39 is 5.97 Å². The maximum Gasteiger partial charge on any atom is 0.323 e. The van der Waals surface area contributed by atoms with Crippen molar-refractivity contribution in [2.24, 2.45) is 0 Å². The molecule has 0 atom stereocenters. The van der Waals surface area contributed by atoms with Crippen LogP contribution in [-0.4, -0.2) is 49.2 Å². The molecule has 0 unspecified atom stereocenters. The molecule has 2 heterocycles. The highest BCUT2D eigenvalue weighted by Gasteiger charge is 2.35. The Morgan fingerprint density at radius 3 is 2.52 bits per heavy atom. The zero-order chi connectivity index (χ0) is 20.7. The summed E-state index contributed by atoms with van der Waals surface area (Å²) in [6.07, 6.45) is 3.33. The molecule has 29 heavy (non-hydrogen) atoms. The van der Waals surface area contributed by atoms with Crippen molar-refractivity contribution in [3.8, 4) is 11.3 Å². The number of carbonyl (C=O) groups is 2. The Hall–Kier alpha value is -3.22. The number of nitrogens with zero attached hydrogens (tertiary/aromatic N) is 4. The lowest BCUT2D eigenvalue weighted by Gasteiger charge is -2.21. The number of carboxylic acid groups (broad SMARTS) is 1. The van der Waals surface area contributed by atoms with Crippen LogP contribution in [0.25, 0.3) is 22.3 Å². The van der Waals surface area contributed by atoms with E-state index in [0.29, 0.717) is 22.3 Å². The van der Waals surface area contributed by atoms with E-state index in [0.717, 1.165) is 24.0 Å². The van der Waals surface area contributed by atoms with Gasteiger partial charge in [0, 0.05) is 17.6 Å². The van der Waals surface area contributed by atoms with Crippen LogP contribution in [0.4, 0.5) is 0 Å². The molecule has 7 heteroatoms. The summed E-state index contributed by atoms with van der Waals surface area (Å²) in [6, 6.07) is 9.79. The molecule has 1 aliphatic carbocycles. The first-order chi connectivity index (χ1) is 13.8. The fraction of sp³-hybridized carbons (Fsp3) is 0.364. The summed E-state index contributed by atoms with van der Waals surface area (Å²) in [5.41, 5.74) is 3.80. The number of aryl methyl sites for hydroxylation is 1. The first kappa shape index (κ1) is 19.1. The molecule has 0 saturated heterocycles. The molecule has 1 aliphatic rings. The number of hydrogen-bond donors (Lipinski definition) is 1. The van der Waals surface area contributed by atoms with Gasteiger partial charge in [-0.25, -0.2) is 9.67 Å². The molecule has 0 spiro atoms. The number of benzene rings is 1. The molecular formula is C22H24N4O3. The summed E-state index contributed by atoms with van der Waals surface area (Å²) in [5.74, 6) is -1.29. The van der Waals surface area contributed by atoms with E-state index in [1.165, 1.54) is 4.90 Å². The van der Waals surface area contributed by atoms with E-state index in [1.54, 1.807) is 16.9 Å². The summed E-state index contributed by atoms with van der Waals surface area (Å²) in [4.78, 5) is 31.0. The topological polar surface area (TPSA) is 88.3 Å². The quantitative estimate of drug-likeness (QED) is 0.691.